The molecule has 0 saturated carbocycles. The molecule has 1 heterocycles. The van der Waals surface area contributed by atoms with E-state index in [1.165, 1.54) is 0 Å². The number of carbonyl (C=O) groups is 1. The first-order chi connectivity index (χ1) is 7.31. The lowest BCUT2D eigenvalue weighted by atomic mass is 10.2. The largest absolute Gasteiger partial charge is 0.296 e. The molecule has 15 heavy (non-hydrogen) atoms. The van der Waals surface area contributed by atoms with Gasteiger partial charge in [-0.05, 0) is 21.5 Å². The predicted molar refractivity (Wildman–Crippen MR) is 60.9 cm³/mol. The van der Waals surface area contributed by atoms with Gasteiger partial charge < -0.3 is 0 Å². The SMILES string of the molecule is O=Cc1c(Br)cnn1Cc1ccccc1. The second-order valence-corrected chi connectivity index (χ2v) is 3.99. The summed E-state index contributed by atoms with van der Waals surface area (Å²) in [5, 5.41) is 4.12. The van der Waals surface area contributed by atoms with E-state index in [2.05, 4.69) is 21.0 Å². The third-order valence-electron chi connectivity index (χ3n) is 2.12. The first-order valence-corrected chi connectivity index (χ1v) is 5.31. The molecule has 0 aliphatic rings. The van der Waals surface area contributed by atoms with Crippen LogP contribution < -0.4 is 0 Å². The van der Waals surface area contributed by atoms with Crippen molar-refractivity contribution in [1.82, 2.24) is 9.78 Å². The molecule has 0 aliphatic carbocycles. The van der Waals surface area contributed by atoms with E-state index in [-0.39, 0.29) is 0 Å². The van der Waals surface area contributed by atoms with Crippen LogP contribution in [0.15, 0.2) is 41.0 Å². The Morgan fingerprint density at radius 1 is 1.33 bits per heavy atom. The van der Waals surface area contributed by atoms with Crippen LogP contribution in [0.1, 0.15) is 16.1 Å². The van der Waals surface area contributed by atoms with Gasteiger partial charge in [0, 0.05) is 0 Å². The summed E-state index contributed by atoms with van der Waals surface area (Å²) in [5.74, 6) is 0. The molecule has 2 aromatic rings. The highest BCUT2D eigenvalue weighted by Gasteiger charge is 2.07. The molecular weight excluding hydrogens is 256 g/mol. The normalized spacial score (nSPS) is 10.2. The molecular formula is C11H9BrN2O. The third-order valence-corrected chi connectivity index (χ3v) is 2.73. The van der Waals surface area contributed by atoms with Crippen molar-refractivity contribution < 1.29 is 4.79 Å². The van der Waals surface area contributed by atoms with Gasteiger partial charge in [-0.3, -0.25) is 9.48 Å². The van der Waals surface area contributed by atoms with Crippen molar-refractivity contribution in [2.24, 2.45) is 0 Å². The Morgan fingerprint density at radius 3 is 2.73 bits per heavy atom. The van der Waals surface area contributed by atoms with Crippen molar-refractivity contribution in [3.63, 3.8) is 0 Å². The van der Waals surface area contributed by atoms with Crippen LogP contribution in [0.2, 0.25) is 0 Å². The van der Waals surface area contributed by atoms with Crippen molar-refractivity contribution >= 4 is 22.2 Å². The van der Waals surface area contributed by atoms with Crippen LogP contribution in [0.4, 0.5) is 0 Å². The highest BCUT2D eigenvalue weighted by atomic mass is 79.9. The molecule has 0 atom stereocenters. The standard InChI is InChI=1S/C11H9BrN2O/c12-10-6-13-14(11(10)8-15)7-9-4-2-1-3-5-9/h1-6,8H,7H2. The third kappa shape index (κ3) is 2.15. The molecule has 0 bridgehead atoms. The lowest BCUT2D eigenvalue weighted by molar-refractivity contribution is 0.111. The summed E-state index contributed by atoms with van der Waals surface area (Å²) >= 11 is 3.28. The number of aromatic nitrogens is 2. The molecule has 76 valence electrons. The van der Waals surface area contributed by atoms with E-state index in [0.717, 1.165) is 16.3 Å². The Morgan fingerprint density at radius 2 is 2.07 bits per heavy atom. The molecule has 0 fully saturated rings. The quantitative estimate of drug-likeness (QED) is 0.799. The molecule has 3 nitrogen and oxygen atoms in total. The molecule has 0 saturated heterocycles. The maximum Gasteiger partial charge on any atom is 0.169 e. The number of aldehydes is 1. The molecule has 2 rings (SSSR count). The summed E-state index contributed by atoms with van der Waals surface area (Å²) < 4.78 is 2.40. The second-order valence-electron chi connectivity index (χ2n) is 3.14. The monoisotopic (exact) mass is 264 g/mol. The molecule has 1 aromatic heterocycles. The molecule has 0 radical (unpaired) electrons. The molecule has 0 spiro atoms. The van der Waals surface area contributed by atoms with Gasteiger partial charge in [-0.15, -0.1) is 0 Å². The van der Waals surface area contributed by atoms with E-state index < -0.39 is 0 Å². The van der Waals surface area contributed by atoms with Gasteiger partial charge in [0.15, 0.2) is 6.29 Å². The summed E-state index contributed by atoms with van der Waals surface area (Å²) in [6.07, 6.45) is 2.44. The topological polar surface area (TPSA) is 34.9 Å². The second kappa shape index (κ2) is 4.40. The molecule has 0 unspecified atom stereocenters. The van der Waals surface area contributed by atoms with Gasteiger partial charge >= 0.3 is 0 Å². The summed E-state index contributed by atoms with van der Waals surface area (Å²) in [7, 11) is 0. The number of nitrogens with zero attached hydrogens (tertiary/aromatic N) is 2. The van der Waals surface area contributed by atoms with E-state index in [9.17, 15) is 4.79 Å². The summed E-state index contributed by atoms with van der Waals surface area (Å²) in [6, 6.07) is 9.90. The van der Waals surface area contributed by atoms with Gasteiger partial charge in [-0.2, -0.15) is 5.10 Å². The van der Waals surface area contributed by atoms with Gasteiger partial charge in [-0.25, -0.2) is 0 Å². The van der Waals surface area contributed by atoms with Crippen molar-refractivity contribution in [2.75, 3.05) is 0 Å². The Balaban J connectivity index is 2.28. The first-order valence-electron chi connectivity index (χ1n) is 4.51. The van der Waals surface area contributed by atoms with E-state index in [1.807, 2.05) is 30.3 Å². The maximum atomic E-state index is 10.8. The average Bonchev–Trinajstić information content (AvgIpc) is 2.61. The lowest BCUT2D eigenvalue weighted by Gasteiger charge is -2.03. The van der Waals surface area contributed by atoms with Crippen molar-refractivity contribution in [1.29, 1.82) is 0 Å². The fourth-order valence-corrected chi connectivity index (χ4v) is 1.76. The van der Waals surface area contributed by atoms with Crippen LogP contribution in [-0.2, 0) is 6.54 Å². The van der Waals surface area contributed by atoms with E-state index in [4.69, 9.17) is 0 Å². The Kier molecular flexibility index (Phi) is 2.97. The molecule has 0 N–H and O–H groups in total. The number of hydrogen-bond donors (Lipinski definition) is 0. The minimum absolute atomic E-state index is 0.568. The zero-order valence-corrected chi connectivity index (χ0v) is 9.52. The van der Waals surface area contributed by atoms with Gasteiger partial charge in [0.05, 0.1) is 17.2 Å². The van der Waals surface area contributed by atoms with Gasteiger partial charge in [0.2, 0.25) is 0 Å². The van der Waals surface area contributed by atoms with Crippen LogP contribution in [0.25, 0.3) is 0 Å². The number of hydrogen-bond acceptors (Lipinski definition) is 2. The first kappa shape index (κ1) is 10.1. The lowest BCUT2D eigenvalue weighted by Crippen LogP contribution is -2.05. The zero-order valence-electron chi connectivity index (χ0n) is 7.93. The fraction of sp³-hybridized carbons (Fsp3) is 0.0909. The number of rotatable bonds is 3. The molecule has 0 aliphatic heterocycles. The highest BCUT2D eigenvalue weighted by Crippen LogP contribution is 2.14. The number of carbonyl (C=O) groups excluding carboxylic acids is 1. The maximum absolute atomic E-state index is 10.8. The van der Waals surface area contributed by atoms with E-state index in [1.54, 1.807) is 10.9 Å². The van der Waals surface area contributed by atoms with Crippen LogP contribution in [0.3, 0.4) is 0 Å². The predicted octanol–water partition coefficient (Wildman–Crippen LogP) is 2.51. The molecule has 0 amide bonds. The Hall–Kier alpha value is -1.42. The van der Waals surface area contributed by atoms with Gasteiger partial charge in [0.25, 0.3) is 0 Å². The van der Waals surface area contributed by atoms with E-state index in [0.29, 0.717) is 12.2 Å². The van der Waals surface area contributed by atoms with Crippen LogP contribution in [0, 0.1) is 0 Å². The molecule has 1 aromatic carbocycles. The van der Waals surface area contributed by atoms with Crippen molar-refractivity contribution in [3.8, 4) is 0 Å². The average molecular weight is 265 g/mol. The van der Waals surface area contributed by atoms with Crippen LogP contribution in [-0.4, -0.2) is 16.1 Å². The minimum Gasteiger partial charge on any atom is -0.296 e. The minimum atomic E-state index is 0.568. The number of benzene rings is 1. The van der Waals surface area contributed by atoms with Gasteiger partial charge in [-0.1, -0.05) is 30.3 Å². The van der Waals surface area contributed by atoms with Crippen molar-refractivity contribution in [3.05, 3.63) is 52.3 Å². The fourth-order valence-electron chi connectivity index (χ4n) is 1.37. The smallest absolute Gasteiger partial charge is 0.169 e. The van der Waals surface area contributed by atoms with Crippen LogP contribution in [0.5, 0.6) is 0 Å². The van der Waals surface area contributed by atoms with Gasteiger partial charge in [0.1, 0.15) is 5.69 Å². The Bertz CT molecular complexity index is 465. The summed E-state index contributed by atoms with van der Waals surface area (Å²) in [4.78, 5) is 10.8. The Labute approximate surface area is 95.9 Å². The van der Waals surface area contributed by atoms with Crippen LogP contribution >= 0.6 is 15.9 Å². The highest BCUT2D eigenvalue weighted by molar-refractivity contribution is 9.10. The summed E-state index contributed by atoms with van der Waals surface area (Å²) in [5.41, 5.74) is 1.69. The molecule has 4 heteroatoms. The zero-order chi connectivity index (χ0) is 10.7. The van der Waals surface area contributed by atoms with Crippen molar-refractivity contribution in [2.45, 2.75) is 6.54 Å². The summed E-state index contributed by atoms with van der Waals surface area (Å²) in [6.45, 7) is 0.612. The van der Waals surface area contributed by atoms with E-state index >= 15 is 0 Å². The number of halogens is 1.